The largest absolute Gasteiger partial charge is 0.362 e. The van der Waals surface area contributed by atoms with E-state index in [0.717, 1.165) is 19.6 Å². The van der Waals surface area contributed by atoms with E-state index in [9.17, 15) is 0 Å². The number of rotatable bonds is 3. The molecule has 1 aliphatic rings. The molecule has 0 bridgehead atoms. The molecule has 1 N–H and O–H groups in total. The van der Waals surface area contributed by atoms with Gasteiger partial charge in [0.15, 0.2) is 0 Å². The molecule has 106 valence electrons. The summed E-state index contributed by atoms with van der Waals surface area (Å²) < 4.78 is 0. The van der Waals surface area contributed by atoms with E-state index < -0.39 is 0 Å². The minimum atomic E-state index is 0.540. The van der Waals surface area contributed by atoms with Crippen molar-refractivity contribution in [1.82, 2.24) is 10.2 Å². The molecular weight excluding hydrogens is 234 g/mol. The Hall–Kier alpha value is -1.06. The van der Waals surface area contributed by atoms with Crippen LogP contribution in [0.1, 0.15) is 18.1 Å². The van der Waals surface area contributed by atoms with Gasteiger partial charge in [-0.2, -0.15) is 0 Å². The highest BCUT2D eigenvalue weighted by Crippen LogP contribution is 2.29. The van der Waals surface area contributed by atoms with Crippen LogP contribution in [0.15, 0.2) is 18.2 Å². The number of hydrogen-bond acceptors (Lipinski definition) is 3. The summed E-state index contributed by atoms with van der Waals surface area (Å²) in [5, 5.41) is 3.56. The second-order valence-electron chi connectivity index (χ2n) is 6.07. The van der Waals surface area contributed by atoms with E-state index in [0.29, 0.717) is 12.1 Å². The highest BCUT2D eigenvalue weighted by molar-refractivity contribution is 5.60. The Kier molecular flexibility index (Phi) is 4.48. The molecule has 0 aliphatic carbocycles. The number of piperazine rings is 1. The van der Waals surface area contributed by atoms with Crippen molar-refractivity contribution >= 4 is 5.69 Å². The fraction of sp³-hybridized carbons (Fsp3) is 0.625. The first-order valence-corrected chi connectivity index (χ1v) is 7.20. The number of nitrogens with one attached hydrogen (secondary N) is 1. The third kappa shape index (κ3) is 3.10. The minimum absolute atomic E-state index is 0.540. The van der Waals surface area contributed by atoms with Gasteiger partial charge in [0.1, 0.15) is 0 Å². The molecule has 2 unspecified atom stereocenters. The molecule has 0 spiro atoms. The van der Waals surface area contributed by atoms with Crippen LogP contribution in [0.3, 0.4) is 0 Å². The fourth-order valence-electron chi connectivity index (χ4n) is 3.21. The van der Waals surface area contributed by atoms with E-state index in [1.54, 1.807) is 0 Å². The van der Waals surface area contributed by atoms with Crippen molar-refractivity contribution in [2.45, 2.75) is 32.9 Å². The Morgan fingerprint density at radius 2 is 1.84 bits per heavy atom. The van der Waals surface area contributed by atoms with Gasteiger partial charge in [-0.05, 0) is 46.0 Å². The normalized spacial score (nSPS) is 24.0. The number of para-hydroxylation sites is 1. The number of aryl methyl sites for hydroxylation is 2. The molecule has 2 atom stereocenters. The van der Waals surface area contributed by atoms with Crippen LogP contribution in [0.5, 0.6) is 0 Å². The lowest BCUT2D eigenvalue weighted by Gasteiger charge is -2.45. The average Bonchev–Trinajstić information content (AvgIpc) is 2.31. The van der Waals surface area contributed by atoms with E-state index in [4.69, 9.17) is 0 Å². The van der Waals surface area contributed by atoms with Crippen LogP contribution >= 0.6 is 0 Å². The quantitative estimate of drug-likeness (QED) is 0.898. The maximum Gasteiger partial charge on any atom is 0.0545 e. The van der Waals surface area contributed by atoms with Crippen LogP contribution in [0.4, 0.5) is 5.69 Å². The molecule has 0 radical (unpaired) electrons. The SMILES string of the molecule is Cc1cccc(C)c1N1C(C)CNCC1CN(C)C. The van der Waals surface area contributed by atoms with Gasteiger partial charge >= 0.3 is 0 Å². The predicted molar refractivity (Wildman–Crippen MR) is 83.1 cm³/mol. The lowest BCUT2D eigenvalue weighted by atomic mass is 10.0. The van der Waals surface area contributed by atoms with Crippen molar-refractivity contribution in [1.29, 1.82) is 0 Å². The summed E-state index contributed by atoms with van der Waals surface area (Å²) in [6.45, 7) is 9.99. The van der Waals surface area contributed by atoms with Gasteiger partial charge in [0.2, 0.25) is 0 Å². The molecule has 1 aromatic rings. The van der Waals surface area contributed by atoms with Crippen molar-refractivity contribution in [3.8, 4) is 0 Å². The first kappa shape index (κ1) is 14.4. The van der Waals surface area contributed by atoms with Gasteiger partial charge in [0.05, 0.1) is 6.04 Å². The van der Waals surface area contributed by atoms with E-state index in [2.05, 4.69) is 68.2 Å². The first-order valence-electron chi connectivity index (χ1n) is 7.20. The van der Waals surface area contributed by atoms with Crippen molar-refractivity contribution in [2.24, 2.45) is 0 Å². The Bertz CT molecular complexity index is 408. The van der Waals surface area contributed by atoms with Crippen LogP contribution < -0.4 is 10.2 Å². The molecule has 3 nitrogen and oxygen atoms in total. The van der Waals surface area contributed by atoms with Crippen molar-refractivity contribution in [3.05, 3.63) is 29.3 Å². The molecule has 1 saturated heterocycles. The molecule has 19 heavy (non-hydrogen) atoms. The van der Waals surface area contributed by atoms with Crippen LogP contribution in [0.2, 0.25) is 0 Å². The van der Waals surface area contributed by atoms with Crippen molar-refractivity contribution in [2.75, 3.05) is 38.6 Å². The second kappa shape index (κ2) is 5.93. The average molecular weight is 261 g/mol. The van der Waals surface area contributed by atoms with Crippen LogP contribution in [-0.4, -0.2) is 50.7 Å². The summed E-state index contributed by atoms with van der Waals surface area (Å²) in [6.07, 6.45) is 0. The highest BCUT2D eigenvalue weighted by Gasteiger charge is 2.29. The third-order valence-corrected chi connectivity index (χ3v) is 3.96. The van der Waals surface area contributed by atoms with Gasteiger partial charge in [-0.15, -0.1) is 0 Å². The van der Waals surface area contributed by atoms with Gasteiger partial charge in [0, 0.05) is 31.4 Å². The zero-order valence-electron chi connectivity index (χ0n) is 12.9. The molecule has 1 fully saturated rings. The van der Waals surface area contributed by atoms with Gasteiger partial charge in [-0.1, -0.05) is 18.2 Å². The molecule has 0 saturated carbocycles. The summed E-state index contributed by atoms with van der Waals surface area (Å²) in [4.78, 5) is 4.91. The summed E-state index contributed by atoms with van der Waals surface area (Å²) in [7, 11) is 4.31. The van der Waals surface area contributed by atoms with E-state index in [1.165, 1.54) is 16.8 Å². The van der Waals surface area contributed by atoms with Crippen LogP contribution in [-0.2, 0) is 0 Å². The lowest BCUT2D eigenvalue weighted by molar-refractivity contribution is 0.315. The van der Waals surface area contributed by atoms with Gasteiger partial charge in [-0.3, -0.25) is 0 Å². The molecular formula is C16H27N3. The lowest BCUT2D eigenvalue weighted by Crippen LogP contribution is -2.59. The predicted octanol–water partition coefficient (Wildman–Crippen LogP) is 2.03. The molecule has 1 heterocycles. The smallest absolute Gasteiger partial charge is 0.0545 e. The minimum Gasteiger partial charge on any atom is -0.362 e. The number of anilines is 1. The van der Waals surface area contributed by atoms with E-state index in [1.807, 2.05) is 0 Å². The Morgan fingerprint density at radius 3 is 2.42 bits per heavy atom. The summed E-state index contributed by atoms with van der Waals surface area (Å²) >= 11 is 0. The molecule has 3 heteroatoms. The topological polar surface area (TPSA) is 18.5 Å². The zero-order valence-corrected chi connectivity index (χ0v) is 12.9. The maximum atomic E-state index is 3.56. The molecule has 1 aliphatic heterocycles. The maximum absolute atomic E-state index is 3.56. The number of nitrogens with zero attached hydrogens (tertiary/aromatic N) is 2. The molecule has 2 rings (SSSR count). The van der Waals surface area contributed by atoms with Crippen molar-refractivity contribution in [3.63, 3.8) is 0 Å². The fourth-order valence-corrected chi connectivity index (χ4v) is 3.21. The standard InChI is InChI=1S/C16H27N3/c1-12-7-6-8-13(2)16(12)19-14(3)9-17-10-15(19)11-18(4)5/h6-8,14-15,17H,9-11H2,1-5H3. The Balaban J connectivity index is 2.36. The van der Waals surface area contributed by atoms with Crippen molar-refractivity contribution < 1.29 is 0 Å². The summed E-state index contributed by atoms with van der Waals surface area (Å²) in [6, 6.07) is 7.69. The Labute approximate surface area is 117 Å². The summed E-state index contributed by atoms with van der Waals surface area (Å²) in [5.41, 5.74) is 4.21. The highest BCUT2D eigenvalue weighted by atomic mass is 15.3. The third-order valence-electron chi connectivity index (χ3n) is 3.96. The van der Waals surface area contributed by atoms with E-state index >= 15 is 0 Å². The summed E-state index contributed by atoms with van der Waals surface area (Å²) in [5.74, 6) is 0. The number of hydrogen-bond donors (Lipinski definition) is 1. The van der Waals surface area contributed by atoms with Gasteiger partial charge in [-0.25, -0.2) is 0 Å². The molecule has 0 aromatic heterocycles. The zero-order chi connectivity index (χ0) is 14.0. The molecule has 0 amide bonds. The van der Waals surface area contributed by atoms with E-state index in [-0.39, 0.29) is 0 Å². The first-order chi connectivity index (χ1) is 9.00. The second-order valence-corrected chi connectivity index (χ2v) is 6.07. The monoisotopic (exact) mass is 261 g/mol. The van der Waals surface area contributed by atoms with Gasteiger partial charge in [0.25, 0.3) is 0 Å². The Morgan fingerprint density at radius 1 is 1.21 bits per heavy atom. The number of likely N-dealkylation sites (N-methyl/N-ethyl adjacent to an activating group) is 1. The van der Waals surface area contributed by atoms with Crippen LogP contribution in [0.25, 0.3) is 0 Å². The number of benzene rings is 1. The molecule has 1 aromatic carbocycles. The van der Waals surface area contributed by atoms with Crippen LogP contribution in [0, 0.1) is 13.8 Å². The van der Waals surface area contributed by atoms with Gasteiger partial charge < -0.3 is 15.1 Å².